The zero-order valence-electron chi connectivity index (χ0n) is 14.8. The number of benzene rings is 2. The number of methoxy groups -OCH3 is 2. The molecule has 26 heavy (non-hydrogen) atoms. The second kappa shape index (κ2) is 7.27. The van der Waals surface area contributed by atoms with Gasteiger partial charge in [0, 0.05) is 16.5 Å². The van der Waals surface area contributed by atoms with Gasteiger partial charge in [-0.05, 0) is 61.0 Å². The molecule has 3 rings (SSSR count). The van der Waals surface area contributed by atoms with Crippen LogP contribution < -0.4 is 15.0 Å². The van der Waals surface area contributed by atoms with E-state index >= 15 is 0 Å². The van der Waals surface area contributed by atoms with Crippen LogP contribution in [0.2, 0.25) is 0 Å². The highest BCUT2D eigenvalue weighted by molar-refractivity contribution is 6.08. The lowest BCUT2D eigenvalue weighted by Gasteiger charge is -2.06. The highest BCUT2D eigenvalue weighted by Gasteiger charge is 2.10. The number of hydrogen-bond acceptors (Lipinski definition) is 4. The van der Waals surface area contributed by atoms with E-state index in [0.717, 1.165) is 10.9 Å². The van der Waals surface area contributed by atoms with Crippen LogP contribution in [0.15, 0.2) is 53.3 Å². The molecule has 0 aliphatic rings. The van der Waals surface area contributed by atoms with Crippen molar-refractivity contribution in [2.75, 3.05) is 14.2 Å². The summed E-state index contributed by atoms with van der Waals surface area (Å²) in [5, 5.41) is 0.823. The van der Waals surface area contributed by atoms with E-state index in [-0.39, 0.29) is 11.3 Å². The third-order valence-corrected chi connectivity index (χ3v) is 4.12. The third-order valence-electron chi connectivity index (χ3n) is 4.12. The standard InChI is InChI=1S/C21H19NO4/c1-13-4-7-17(20(10-13)26-3)19(23)9-5-14-11-15-12-16(25-2)6-8-18(15)22-21(14)24/h4-12H,1-3H3,(H,22,24)/b9-5+. The lowest BCUT2D eigenvalue weighted by molar-refractivity contribution is 0.104. The molecule has 0 saturated carbocycles. The Morgan fingerprint density at radius 1 is 1.04 bits per heavy atom. The molecule has 3 aromatic rings. The van der Waals surface area contributed by atoms with Crippen molar-refractivity contribution in [3.05, 3.63) is 75.6 Å². The predicted molar refractivity (Wildman–Crippen MR) is 102 cm³/mol. The fourth-order valence-electron chi connectivity index (χ4n) is 2.71. The summed E-state index contributed by atoms with van der Waals surface area (Å²) in [6.07, 6.45) is 2.89. The van der Waals surface area contributed by atoms with E-state index in [4.69, 9.17) is 9.47 Å². The van der Waals surface area contributed by atoms with Gasteiger partial charge in [-0.25, -0.2) is 0 Å². The maximum Gasteiger partial charge on any atom is 0.255 e. The van der Waals surface area contributed by atoms with Crippen LogP contribution in [0.3, 0.4) is 0 Å². The van der Waals surface area contributed by atoms with Gasteiger partial charge < -0.3 is 14.5 Å². The van der Waals surface area contributed by atoms with Gasteiger partial charge >= 0.3 is 0 Å². The van der Waals surface area contributed by atoms with Crippen LogP contribution in [0.25, 0.3) is 17.0 Å². The first-order valence-electron chi connectivity index (χ1n) is 8.10. The molecule has 132 valence electrons. The minimum absolute atomic E-state index is 0.230. The first-order valence-corrected chi connectivity index (χ1v) is 8.10. The van der Waals surface area contributed by atoms with E-state index < -0.39 is 0 Å². The molecule has 0 spiro atoms. The lowest BCUT2D eigenvalue weighted by Crippen LogP contribution is -2.09. The van der Waals surface area contributed by atoms with Crippen molar-refractivity contribution in [3.63, 3.8) is 0 Å². The topological polar surface area (TPSA) is 68.4 Å². The summed E-state index contributed by atoms with van der Waals surface area (Å²) < 4.78 is 10.5. The van der Waals surface area contributed by atoms with Crippen molar-refractivity contribution in [1.82, 2.24) is 4.98 Å². The van der Waals surface area contributed by atoms with Crippen molar-refractivity contribution in [2.24, 2.45) is 0 Å². The number of aryl methyl sites for hydroxylation is 1. The Bertz CT molecular complexity index is 1060. The molecule has 1 heterocycles. The number of carbonyl (C=O) groups excluding carboxylic acids is 1. The predicted octanol–water partition coefficient (Wildman–Crippen LogP) is 3.75. The number of carbonyl (C=O) groups is 1. The van der Waals surface area contributed by atoms with Crippen molar-refractivity contribution < 1.29 is 14.3 Å². The normalized spacial score (nSPS) is 11.0. The quantitative estimate of drug-likeness (QED) is 0.563. The molecule has 0 fully saturated rings. The van der Waals surface area contributed by atoms with Crippen molar-refractivity contribution in [2.45, 2.75) is 6.92 Å². The Kier molecular flexibility index (Phi) is 4.89. The minimum Gasteiger partial charge on any atom is -0.497 e. The maximum atomic E-state index is 12.5. The zero-order valence-corrected chi connectivity index (χ0v) is 14.8. The van der Waals surface area contributed by atoms with Gasteiger partial charge in [0.05, 0.1) is 19.8 Å². The number of aromatic nitrogens is 1. The number of aromatic amines is 1. The highest BCUT2D eigenvalue weighted by atomic mass is 16.5. The second-order valence-corrected chi connectivity index (χ2v) is 5.91. The summed E-state index contributed by atoms with van der Waals surface area (Å²) in [6.45, 7) is 1.93. The number of fused-ring (bicyclic) bond motifs is 1. The molecule has 1 aromatic heterocycles. The summed E-state index contributed by atoms with van der Waals surface area (Å²) in [4.78, 5) is 27.5. The largest absolute Gasteiger partial charge is 0.497 e. The van der Waals surface area contributed by atoms with Gasteiger partial charge in [-0.1, -0.05) is 6.07 Å². The van der Waals surface area contributed by atoms with Gasteiger partial charge in [-0.2, -0.15) is 0 Å². The molecule has 0 saturated heterocycles. The molecule has 5 heteroatoms. The minimum atomic E-state index is -0.261. The molecule has 0 radical (unpaired) electrons. The molecule has 1 N–H and O–H groups in total. The first kappa shape index (κ1) is 17.5. The number of H-pyrrole nitrogens is 1. The number of nitrogens with one attached hydrogen (secondary N) is 1. The third kappa shape index (κ3) is 3.52. The van der Waals surface area contributed by atoms with Crippen molar-refractivity contribution >= 4 is 22.8 Å². The fraction of sp³-hybridized carbons (Fsp3) is 0.143. The van der Waals surface area contributed by atoms with E-state index in [2.05, 4.69) is 4.98 Å². The van der Waals surface area contributed by atoms with E-state index in [1.54, 1.807) is 37.4 Å². The summed E-state index contributed by atoms with van der Waals surface area (Å²) in [5.41, 5.74) is 2.29. The van der Waals surface area contributed by atoms with Crippen LogP contribution in [0.5, 0.6) is 11.5 Å². The molecule has 0 amide bonds. The number of ether oxygens (including phenoxy) is 2. The van der Waals surface area contributed by atoms with Crippen molar-refractivity contribution in [1.29, 1.82) is 0 Å². The zero-order chi connectivity index (χ0) is 18.7. The van der Waals surface area contributed by atoms with Crippen LogP contribution in [-0.2, 0) is 0 Å². The Morgan fingerprint density at radius 2 is 1.85 bits per heavy atom. The van der Waals surface area contributed by atoms with E-state index in [0.29, 0.717) is 28.1 Å². The lowest BCUT2D eigenvalue weighted by atomic mass is 10.1. The van der Waals surface area contributed by atoms with Gasteiger partial charge in [0.2, 0.25) is 0 Å². The first-order chi connectivity index (χ1) is 12.5. The monoisotopic (exact) mass is 349 g/mol. The number of ketones is 1. The molecule has 0 atom stereocenters. The molecular weight excluding hydrogens is 330 g/mol. The summed E-state index contributed by atoms with van der Waals surface area (Å²) in [7, 11) is 3.11. The number of rotatable bonds is 5. The van der Waals surface area contributed by atoms with Crippen LogP contribution in [0, 0.1) is 6.92 Å². The average molecular weight is 349 g/mol. The number of allylic oxidation sites excluding steroid dienone is 1. The highest BCUT2D eigenvalue weighted by Crippen LogP contribution is 2.22. The van der Waals surface area contributed by atoms with Gasteiger partial charge in [-0.3, -0.25) is 9.59 Å². The summed E-state index contributed by atoms with van der Waals surface area (Å²) in [6, 6.07) is 12.5. The van der Waals surface area contributed by atoms with Gasteiger partial charge in [0.1, 0.15) is 11.5 Å². The molecular formula is C21H19NO4. The van der Waals surface area contributed by atoms with Gasteiger partial charge in [-0.15, -0.1) is 0 Å². The smallest absolute Gasteiger partial charge is 0.255 e. The van der Waals surface area contributed by atoms with E-state index in [1.807, 2.05) is 19.1 Å². The van der Waals surface area contributed by atoms with Crippen LogP contribution in [0.4, 0.5) is 0 Å². The number of pyridine rings is 1. The van der Waals surface area contributed by atoms with E-state index in [9.17, 15) is 9.59 Å². The van der Waals surface area contributed by atoms with Crippen LogP contribution in [-0.4, -0.2) is 25.0 Å². The Balaban J connectivity index is 1.96. The second-order valence-electron chi connectivity index (χ2n) is 5.91. The average Bonchev–Trinajstić information content (AvgIpc) is 2.65. The van der Waals surface area contributed by atoms with Gasteiger partial charge in [0.25, 0.3) is 5.56 Å². The summed E-state index contributed by atoms with van der Waals surface area (Å²) >= 11 is 0. The molecule has 0 aliphatic carbocycles. The molecule has 5 nitrogen and oxygen atoms in total. The molecule has 2 aromatic carbocycles. The Hall–Kier alpha value is -3.34. The maximum absolute atomic E-state index is 12.5. The Labute approximate surface area is 150 Å². The summed E-state index contributed by atoms with van der Waals surface area (Å²) in [5.74, 6) is 0.976. The Morgan fingerprint density at radius 3 is 2.58 bits per heavy atom. The molecule has 0 bridgehead atoms. The van der Waals surface area contributed by atoms with Crippen molar-refractivity contribution in [3.8, 4) is 11.5 Å². The van der Waals surface area contributed by atoms with Crippen LogP contribution >= 0.6 is 0 Å². The van der Waals surface area contributed by atoms with Gasteiger partial charge in [0.15, 0.2) is 5.78 Å². The fourth-order valence-corrected chi connectivity index (χ4v) is 2.71. The molecule has 0 aliphatic heterocycles. The SMILES string of the molecule is COc1ccc2[nH]c(=O)c(/C=C/C(=O)c3ccc(C)cc3OC)cc2c1. The molecule has 0 unspecified atom stereocenters. The van der Waals surface area contributed by atoms with Crippen LogP contribution in [0.1, 0.15) is 21.5 Å². The number of hydrogen-bond donors (Lipinski definition) is 1. The van der Waals surface area contributed by atoms with E-state index in [1.165, 1.54) is 19.3 Å².